The number of hydrogen-bond acceptors (Lipinski definition) is 3. The second-order valence-corrected chi connectivity index (χ2v) is 3.92. The third-order valence-electron chi connectivity index (χ3n) is 1.67. The Morgan fingerprint density at radius 3 is 2.79 bits per heavy atom. The molecule has 1 unspecified atom stereocenters. The molecule has 1 N–H and O–H groups in total. The lowest BCUT2D eigenvalue weighted by Gasteiger charge is -2.16. The summed E-state index contributed by atoms with van der Waals surface area (Å²) in [4.78, 5) is 13.0. The average molecular weight is 262 g/mol. The van der Waals surface area contributed by atoms with E-state index in [1.54, 1.807) is 26.1 Å². The Hall–Kier alpha value is -0.810. The summed E-state index contributed by atoms with van der Waals surface area (Å²) < 4.78 is 5.61. The van der Waals surface area contributed by atoms with Gasteiger partial charge in [0.1, 0.15) is 0 Å². The van der Waals surface area contributed by atoms with Gasteiger partial charge in [-0.15, -0.1) is 0 Å². The van der Waals surface area contributed by atoms with Crippen LogP contribution in [0.25, 0.3) is 0 Å². The van der Waals surface area contributed by atoms with E-state index in [0.29, 0.717) is 4.67 Å². The van der Waals surface area contributed by atoms with Crippen LogP contribution >= 0.6 is 15.9 Å². The summed E-state index contributed by atoms with van der Waals surface area (Å²) in [6.45, 7) is 1.92. The van der Waals surface area contributed by atoms with E-state index < -0.39 is 6.10 Å². The second kappa shape index (κ2) is 4.61. The maximum atomic E-state index is 11.6. The van der Waals surface area contributed by atoms with Gasteiger partial charge in [0.05, 0.1) is 6.10 Å². The van der Waals surface area contributed by atoms with Gasteiger partial charge in [0.2, 0.25) is 0 Å². The van der Waals surface area contributed by atoms with Crippen LogP contribution in [0, 0.1) is 0 Å². The van der Waals surface area contributed by atoms with Crippen molar-refractivity contribution >= 4 is 21.8 Å². The summed E-state index contributed by atoms with van der Waals surface area (Å²) >= 11 is 3.11. The molecule has 1 aromatic rings. The molecule has 0 spiro atoms. The van der Waals surface area contributed by atoms with E-state index >= 15 is 0 Å². The van der Waals surface area contributed by atoms with Crippen LogP contribution < -0.4 is 0 Å². The number of rotatable bonds is 3. The van der Waals surface area contributed by atoms with Crippen molar-refractivity contribution in [2.45, 2.75) is 13.0 Å². The first-order valence-corrected chi connectivity index (χ1v) is 4.99. The molecule has 0 fully saturated rings. The summed E-state index contributed by atoms with van der Waals surface area (Å²) in [5.41, 5.74) is 0. The number of aliphatic hydroxyl groups is 1. The molecule has 1 atom stereocenters. The van der Waals surface area contributed by atoms with E-state index in [1.165, 1.54) is 4.90 Å². The van der Waals surface area contributed by atoms with Gasteiger partial charge in [0.25, 0.3) is 5.91 Å². The van der Waals surface area contributed by atoms with E-state index in [9.17, 15) is 4.79 Å². The number of hydrogen-bond donors (Lipinski definition) is 1. The van der Waals surface area contributed by atoms with Crippen molar-refractivity contribution in [1.82, 2.24) is 4.90 Å². The van der Waals surface area contributed by atoms with Gasteiger partial charge in [0, 0.05) is 13.6 Å². The van der Waals surface area contributed by atoms with Crippen LogP contribution in [-0.4, -0.2) is 35.6 Å². The van der Waals surface area contributed by atoms with Crippen LogP contribution in [0.1, 0.15) is 17.5 Å². The van der Waals surface area contributed by atoms with Gasteiger partial charge in [0.15, 0.2) is 10.4 Å². The highest BCUT2D eigenvalue weighted by Crippen LogP contribution is 2.15. The van der Waals surface area contributed by atoms with Gasteiger partial charge in [-0.1, -0.05) is 0 Å². The summed E-state index contributed by atoms with van der Waals surface area (Å²) in [5.74, 6) is 0.0247. The van der Waals surface area contributed by atoms with Crippen molar-refractivity contribution in [3.8, 4) is 0 Å². The lowest BCUT2D eigenvalue weighted by molar-refractivity contribution is 0.0672. The van der Waals surface area contributed by atoms with Crippen LogP contribution in [0.2, 0.25) is 0 Å². The fourth-order valence-corrected chi connectivity index (χ4v) is 1.40. The molecular weight excluding hydrogens is 250 g/mol. The van der Waals surface area contributed by atoms with E-state index in [2.05, 4.69) is 15.9 Å². The summed E-state index contributed by atoms with van der Waals surface area (Å²) in [6.07, 6.45) is -0.539. The smallest absolute Gasteiger partial charge is 0.289 e. The van der Waals surface area contributed by atoms with Crippen molar-refractivity contribution in [2.24, 2.45) is 0 Å². The number of amides is 1. The van der Waals surface area contributed by atoms with Gasteiger partial charge in [-0.25, -0.2) is 0 Å². The molecule has 0 radical (unpaired) electrons. The fourth-order valence-electron chi connectivity index (χ4n) is 1.10. The molecule has 4 nitrogen and oxygen atoms in total. The zero-order valence-corrected chi connectivity index (χ0v) is 9.61. The lowest BCUT2D eigenvalue weighted by atomic mass is 10.3. The number of carbonyl (C=O) groups excluding carboxylic acids is 1. The number of likely N-dealkylation sites (N-methyl/N-ethyl adjacent to an activating group) is 1. The van der Waals surface area contributed by atoms with Gasteiger partial charge in [-0.05, 0) is 35.0 Å². The van der Waals surface area contributed by atoms with Crippen molar-refractivity contribution in [3.05, 3.63) is 22.6 Å². The van der Waals surface area contributed by atoms with Crippen molar-refractivity contribution in [1.29, 1.82) is 0 Å². The molecule has 14 heavy (non-hydrogen) atoms. The normalized spacial score (nSPS) is 12.6. The highest BCUT2D eigenvalue weighted by molar-refractivity contribution is 9.10. The minimum absolute atomic E-state index is 0.239. The molecule has 1 aromatic heterocycles. The number of halogens is 1. The number of furan rings is 1. The highest BCUT2D eigenvalue weighted by Gasteiger charge is 2.16. The Balaban J connectivity index is 2.65. The molecule has 0 bridgehead atoms. The van der Waals surface area contributed by atoms with Crippen LogP contribution in [0.5, 0.6) is 0 Å². The first-order chi connectivity index (χ1) is 6.50. The van der Waals surface area contributed by atoms with Crippen LogP contribution in [0.3, 0.4) is 0 Å². The monoisotopic (exact) mass is 261 g/mol. The predicted molar refractivity (Wildman–Crippen MR) is 55.0 cm³/mol. The zero-order valence-electron chi connectivity index (χ0n) is 8.03. The molecule has 0 aromatic carbocycles. The molecule has 1 heterocycles. The van der Waals surface area contributed by atoms with Gasteiger partial charge >= 0.3 is 0 Å². The van der Waals surface area contributed by atoms with E-state index in [0.717, 1.165) is 0 Å². The number of carbonyl (C=O) groups is 1. The maximum absolute atomic E-state index is 11.6. The largest absolute Gasteiger partial charge is 0.444 e. The Morgan fingerprint density at radius 2 is 2.36 bits per heavy atom. The van der Waals surface area contributed by atoms with Crippen LogP contribution in [0.15, 0.2) is 21.2 Å². The topological polar surface area (TPSA) is 53.7 Å². The van der Waals surface area contributed by atoms with Crippen molar-refractivity contribution in [3.63, 3.8) is 0 Å². The molecule has 0 saturated carbocycles. The molecule has 78 valence electrons. The highest BCUT2D eigenvalue weighted by atomic mass is 79.9. The average Bonchev–Trinajstić information content (AvgIpc) is 2.49. The Labute approximate surface area is 90.6 Å². The standard InChI is InChI=1S/C9H12BrNO3/c1-6(12)5-11(2)9(13)7-3-4-8(10)14-7/h3-4,6,12H,5H2,1-2H3. The quantitative estimate of drug-likeness (QED) is 0.897. The number of nitrogens with zero attached hydrogens (tertiary/aromatic N) is 1. The zero-order chi connectivity index (χ0) is 10.7. The minimum Gasteiger partial charge on any atom is -0.444 e. The lowest BCUT2D eigenvalue weighted by Crippen LogP contribution is -2.32. The molecule has 0 saturated heterocycles. The molecule has 0 aliphatic heterocycles. The SMILES string of the molecule is CC(O)CN(C)C(=O)c1ccc(Br)o1. The van der Waals surface area contributed by atoms with Gasteiger partial charge in [-0.2, -0.15) is 0 Å². The fraction of sp³-hybridized carbons (Fsp3) is 0.444. The minimum atomic E-state index is -0.539. The van der Waals surface area contributed by atoms with Crippen molar-refractivity contribution in [2.75, 3.05) is 13.6 Å². The summed E-state index contributed by atoms with van der Waals surface area (Å²) in [7, 11) is 1.62. The van der Waals surface area contributed by atoms with Gasteiger partial charge < -0.3 is 14.4 Å². The maximum Gasteiger partial charge on any atom is 0.289 e. The molecule has 1 rings (SSSR count). The summed E-state index contributed by atoms with van der Waals surface area (Å²) in [6, 6.07) is 3.24. The van der Waals surface area contributed by atoms with Crippen LogP contribution in [-0.2, 0) is 0 Å². The molecule has 1 amide bonds. The third kappa shape index (κ3) is 2.85. The number of aliphatic hydroxyl groups excluding tert-OH is 1. The summed E-state index contributed by atoms with van der Waals surface area (Å²) in [5, 5.41) is 9.09. The first-order valence-electron chi connectivity index (χ1n) is 4.19. The van der Waals surface area contributed by atoms with Gasteiger partial charge in [-0.3, -0.25) is 4.79 Å². The Bertz CT molecular complexity index is 322. The Kier molecular flexibility index (Phi) is 3.71. The van der Waals surface area contributed by atoms with E-state index in [-0.39, 0.29) is 18.2 Å². The molecular formula is C9H12BrNO3. The third-order valence-corrected chi connectivity index (χ3v) is 2.09. The van der Waals surface area contributed by atoms with Crippen molar-refractivity contribution < 1.29 is 14.3 Å². The van der Waals surface area contributed by atoms with E-state index in [1.807, 2.05) is 0 Å². The van der Waals surface area contributed by atoms with E-state index in [4.69, 9.17) is 9.52 Å². The second-order valence-electron chi connectivity index (χ2n) is 3.14. The van der Waals surface area contributed by atoms with Crippen LogP contribution in [0.4, 0.5) is 0 Å². The predicted octanol–water partition coefficient (Wildman–Crippen LogP) is 1.49. The first kappa shape index (κ1) is 11.3. The molecule has 0 aliphatic carbocycles. The Morgan fingerprint density at radius 1 is 1.71 bits per heavy atom. The molecule has 0 aliphatic rings. The molecule has 5 heteroatoms.